The van der Waals surface area contributed by atoms with Gasteiger partial charge in [0.15, 0.2) is 5.82 Å². The van der Waals surface area contributed by atoms with Crippen molar-refractivity contribution in [2.24, 2.45) is 11.8 Å². The number of likely N-dealkylation sites (tertiary alicyclic amines) is 1. The van der Waals surface area contributed by atoms with Crippen LogP contribution in [0.15, 0.2) is 55.1 Å². The van der Waals surface area contributed by atoms with Gasteiger partial charge < -0.3 is 14.2 Å². The second-order valence-corrected chi connectivity index (χ2v) is 9.07. The lowest BCUT2D eigenvalue weighted by molar-refractivity contribution is 0.0785. The van der Waals surface area contributed by atoms with Crippen molar-refractivity contribution >= 4 is 17.4 Å². The highest BCUT2D eigenvalue weighted by atomic mass is 16.2. The molecule has 0 spiro atoms. The van der Waals surface area contributed by atoms with Crippen LogP contribution >= 0.6 is 0 Å². The zero-order chi connectivity index (χ0) is 22.5. The van der Waals surface area contributed by atoms with Gasteiger partial charge in [-0.15, -0.1) is 0 Å². The third-order valence-electron chi connectivity index (χ3n) is 6.73. The lowest BCUT2D eigenvalue weighted by Gasteiger charge is -2.22. The van der Waals surface area contributed by atoms with E-state index in [9.17, 15) is 4.79 Å². The van der Waals surface area contributed by atoms with Gasteiger partial charge in [0.2, 0.25) is 5.95 Å². The molecule has 2 atom stereocenters. The zero-order valence-electron chi connectivity index (χ0n) is 18.7. The summed E-state index contributed by atoms with van der Waals surface area (Å²) in [7, 11) is 0. The van der Waals surface area contributed by atoms with Crippen LogP contribution < -0.4 is 4.90 Å². The lowest BCUT2D eigenvalue weighted by atomic mass is 10.0. The van der Waals surface area contributed by atoms with Crippen molar-refractivity contribution in [3.8, 4) is 11.4 Å². The summed E-state index contributed by atoms with van der Waals surface area (Å²) in [5.41, 5.74) is 4.31. The van der Waals surface area contributed by atoms with E-state index in [0.717, 1.165) is 54.6 Å². The number of pyridine rings is 1. The summed E-state index contributed by atoms with van der Waals surface area (Å²) in [6.45, 7) is 7.25. The Labute approximate surface area is 191 Å². The van der Waals surface area contributed by atoms with E-state index < -0.39 is 0 Å². The molecule has 6 heterocycles. The molecule has 0 bridgehead atoms. The van der Waals surface area contributed by atoms with Crippen molar-refractivity contribution in [2.45, 2.75) is 13.8 Å². The quantitative estimate of drug-likeness (QED) is 0.488. The van der Waals surface area contributed by atoms with Crippen molar-refractivity contribution in [1.82, 2.24) is 29.2 Å². The minimum Gasteiger partial charge on any atom is -0.340 e. The largest absolute Gasteiger partial charge is 0.340 e. The summed E-state index contributed by atoms with van der Waals surface area (Å²) in [6, 6.07) is 9.68. The van der Waals surface area contributed by atoms with Crippen LogP contribution in [-0.4, -0.2) is 61.3 Å². The monoisotopic (exact) mass is 439 g/mol. The van der Waals surface area contributed by atoms with Crippen molar-refractivity contribution in [3.63, 3.8) is 0 Å². The lowest BCUT2D eigenvalue weighted by Crippen LogP contribution is -2.34. The average Bonchev–Trinajstić information content (AvgIpc) is 3.50. The van der Waals surface area contributed by atoms with Crippen LogP contribution in [-0.2, 0) is 0 Å². The molecular formula is C25H25N7O. The molecule has 2 fully saturated rings. The smallest absolute Gasteiger partial charge is 0.256 e. The molecule has 0 radical (unpaired) electrons. The predicted molar refractivity (Wildman–Crippen MR) is 125 cm³/mol. The molecule has 0 saturated carbocycles. The zero-order valence-corrected chi connectivity index (χ0v) is 18.7. The molecule has 33 heavy (non-hydrogen) atoms. The Bertz CT molecular complexity index is 1320. The number of fused-ring (bicyclic) bond motifs is 2. The summed E-state index contributed by atoms with van der Waals surface area (Å²) in [6.07, 6.45) is 7.33. The Morgan fingerprint density at radius 3 is 2.33 bits per heavy atom. The van der Waals surface area contributed by atoms with Crippen LogP contribution in [0.2, 0.25) is 0 Å². The number of rotatable bonds is 3. The van der Waals surface area contributed by atoms with Gasteiger partial charge in [-0.2, -0.15) is 0 Å². The fourth-order valence-corrected chi connectivity index (χ4v) is 5.28. The van der Waals surface area contributed by atoms with E-state index in [2.05, 4.69) is 24.8 Å². The highest BCUT2D eigenvalue weighted by molar-refractivity contribution is 6.07. The van der Waals surface area contributed by atoms with Gasteiger partial charge in [0.1, 0.15) is 0 Å². The fraction of sp³-hybridized carbons (Fsp3) is 0.320. The molecule has 4 aromatic heterocycles. The van der Waals surface area contributed by atoms with E-state index in [-0.39, 0.29) is 5.91 Å². The SMILES string of the molecule is Cc1cc(C)nc(N2C[C@H]3CN(C(=O)c4c(-c5ncccn5)cn5ccccc45)C[C@H]3C2)n1. The maximum atomic E-state index is 13.8. The first kappa shape index (κ1) is 19.8. The molecule has 2 saturated heterocycles. The van der Waals surface area contributed by atoms with E-state index in [4.69, 9.17) is 0 Å². The first-order valence-electron chi connectivity index (χ1n) is 11.3. The number of carbonyl (C=O) groups excluding carboxylic acids is 1. The first-order valence-corrected chi connectivity index (χ1v) is 11.3. The van der Waals surface area contributed by atoms with E-state index >= 15 is 0 Å². The maximum absolute atomic E-state index is 13.8. The number of hydrogen-bond acceptors (Lipinski definition) is 6. The van der Waals surface area contributed by atoms with E-state index in [1.54, 1.807) is 18.5 Å². The molecule has 166 valence electrons. The molecule has 8 heteroatoms. The number of nitrogens with zero attached hydrogens (tertiary/aromatic N) is 7. The fourth-order valence-electron chi connectivity index (χ4n) is 5.28. The van der Waals surface area contributed by atoms with Crippen LogP contribution in [0, 0.1) is 25.7 Å². The summed E-state index contributed by atoms with van der Waals surface area (Å²) in [4.78, 5) is 36.2. The normalized spacial score (nSPS) is 19.9. The molecule has 6 rings (SSSR count). The molecule has 2 aliphatic heterocycles. The maximum Gasteiger partial charge on any atom is 0.256 e. The van der Waals surface area contributed by atoms with Crippen molar-refractivity contribution < 1.29 is 4.79 Å². The van der Waals surface area contributed by atoms with Crippen LogP contribution in [0.3, 0.4) is 0 Å². The molecule has 0 unspecified atom stereocenters. The number of aromatic nitrogens is 5. The molecule has 2 aliphatic rings. The Balaban J connectivity index is 1.27. The van der Waals surface area contributed by atoms with Gasteiger partial charge >= 0.3 is 0 Å². The minimum atomic E-state index is 0.0507. The van der Waals surface area contributed by atoms with Gasteiger partial charge in [-0.25, -0.2) is 19.9 Å². The number of anilines is 1. The topological polar surface area (TPSA) is 79.5 Å². The highest BCUT2D eigenvalue weighted by Gasteiger charge is 2.43. The molecule has 0 N–H and O–H groups in total. The molecule has 1 amide bonds. The summed E-state index contributed by atoms with van der Waals surface area (Å²) in [5.74, 6) is 2.27. The van der Waals surface area contributed by atoms with Crippen molar-refractivity contribution in [2.75, 3.05) is 31.1 Å². The Morgan fingerprint density at radius 1 is 0.939 bits per heavy atom. The van der Waals surface area contributed by atoms with Crippen LogP contribution in [0.4, 0.5) is 5.95 Å². The van der Waals surface area contributed by atoms with Gasteiger partial charge in [-0.3, -0.25) is 4.79 Å². The Kier molecular flexibility index (Phi) is 4.60. The van der Waals surface area contributed by atoms with Crippen LogP contribution in [0.25, 0.3) is 16.9 Å². The van der Waals surface area contributed by atoms with Crippen LogP contribution in [0.1, 0.15) is 21.7 Å². The number of amides is 1. The van der Waals surface area contributed by atoms with Crippen molar-refractivity contribution in [3.05, 3.63) is 72.1 Å². The second-order valence-electron chi connectivity index (χ2n) is 9.07. The first-order chi connectivity index (χ1) is 16.1. The number of carbonyl (C=O) groups is 1. The summed E-state index contributed by atoms with van der Waals surface area (Å²) >= 11 is 0. The van der Waals surface area contributed by atoms with Crippen molar-refractivity contribution in [1.29, 1.82) is 0 Å². The number of hydrogen-bond donors (Lipinski definition) is 0. The molecule has 0 aliphatic carbocycles. The minimum absolute atomic E-state index is 0.0507. The highest BCUT2D eigenvalue weighted by Crippen LogP contribution is 2.35. The van der Waals surface area contributed by atoms with Crippen LogP contribution in [0.5, 0.6) is 0 Å². The molecule has 8 nitrogen and oxygen atoms in total. The molecule has 4 aromatic rings. The van der Waals surface area contributed by atoms with E-state index in [0.29, 0.717) is 23.2 Å². The summed E-state index contributed by atoms with van der Waals surface area (Å²) < 4.78 is 1.98. The van der Waals surface area contributed by atoms with Gasteiger partial charge in [-0.1, -0.05) is 6.07 Å². The van der Waals surface area contributed by atoms with Gasteiger partial charge in [0, 0.05) is 74.2 Å². The Hall–Kier alpha value is -3.81. The number of aryl methyl sites for hydroxylation is 2. The van der Waals surface area contributed by atoms with Gasteiger partial charge in [0.05, 0.1) is 16.6 Å². The van der Waals surface area contributed by atoms with Gasteiger partial charge in [-0.05, 0) is 38.1 Å². The third-order valence-corrected chi connectivity index (χ3v) is 6.73. The third kappa shape index (κ3) is 3.42. The van der Waals surface area contributed by atoms with E-state index in [1.165, 1.54) is 0 Å². The predicted octanol–water partition coefficient (Wildman–Crippen LogP) is 3.01. The second kappa shape index (κ2) is 7.65. The van der Waals surface area contributed by atoms with E-state index in [1.807, 2.05) is 59.8 Å². The standard InChI is InChI=1S/C25H25N7O/c1-16-10-17(2)29-25(28-16)32-13-18-11-31(12-19(18)14-32)24(33)22-20(23-26-7-5-8-27-23)15-30-9-4-3-6-21(22)30/h3-10,15,18-19H,11-14H2,1-2H3/t18-,19+. The molecular weight excluding hydrogens is 414 g/mol. The van der Waals surface area contributed by atoms with Gasteiger partial charge in [0.25, 0.3) is 5.91 Å². The Morgan fingerprint density at radius 2 is 1.64 bits per heavy atom. The summed E-state index contributed by atoms with van der Waals surface area (Å²) in [5, 5.41) is 0. The molecule has 0 aromatic carbocycles. The average molecular weight is 440 g/mol.